The molecule has 5 heteroatoms. The summed E-state index contributed by atoms with van der Waals surface area (Å²) in [5.74, 6) is 0.533. The fraction of sp³-hybridized carbons (Fsp3) is 0.312. The van der Waals surface area contributed by atoms with Crippen molar-refractivity contribution in [1.82, 2.24) is 10.3 Å². The fourth-order valence-corrected chi connectivity index (χ4v) is 1.83. The van der Waals surface area contributed by atoms with Gasteiger partial charge in [-0.2, -0.15) is 0 Å². The Kier molecular flexibility index (Phi) is 5.51. The topological polar surface area (TPSA) is 43.4 Å². The standard InChI is InChI=1S/C16H19FN2O2/c1-3-10-20-13-6-4-5-7-14(13)21-16-15(17)12(11-18-2)8-9-19-16/h4-9,18H,3,10-11H2,1-2H3. The fourth-order valence-electron chi connectivity index (χ4n) is 1.83. The van der Waals surface area contributed by atoms with E-state index in [1.807, 2.05) is 19.1 Å². The molecule has 112 valence electrons. The van der Waals surface area contributed by atoms with Gasteiger partial charge in [0.2, 0.25) is 0 Å². The lowest BCUT2D eigenvalue weighted by Crippen LogP contribution is -2.08. The monoisotopic (exact) mass is 290 g/mol. The number of ether oxygens (including phenoxy) is 2. The normalized spacial score (nSPS) is 10.4. The van der Waals surface area contributed by atoms with Gasteiger partial charge in [0.1, 0.15) is 0 Å². The van der Waals surface area contributed by atoms with Gasteiger partial charge >= 0.3 is 0 Å². The molecule has 2 rings (SSSR count). The minimum atomic E-state index is -0.461. The summed E-state index contributed by atoms with van der Waals surface area (Å²) in [6.07, 6.45) is 2.42. The summed E-state index contributed by atoms with van der Waals surface area (Å²) in [5.41, 5.74) is 0.509. The molecule has 1 heterocycles. The van der Waals surface area contributed by atoms with Crippen LogP contribution in [0.25, 0.3) is 0 Å². The van der Waals surface area contributed by atoms with Crippen molar-refractivity contribution in [2.45, 2.75) is 19.9 Å². The van der Waals surface area contributed by atoms with E-state index in [0.717, 1.165) is 6.42 Å². The first-order chi connectivity index (χ1) is 10.3. The average Bonchev–Trinajstić information content (AvgIpc) is 2.50. The summed E-state index contributed by atoms with van der Waals surface area (Å²) < 4.78 is 25.4. The highest BCUT2D eigenvalue weighted by atomic mass is 19.1. The van der Waals surface area contributed by atoms with Crippen LogP contribution < -0.4 is 14.8 Å². The molecule has 0 spiro atoms. The Balaban J connectivity index is 2.24. The first-order valence-corrected chi connectivity index (χ1v) is 6.94. The number of para-hydroxylation sites is 2. The highest BCUT2D eigenvalue weighted by Gasteiger charge is 2.13. The van der Waals surface area contributed by atoms with Crippen molar-refractivity contribution in [3.8, 4) is 17.4 Å². The Labute approximate surface area is 123 Å². The molecule has 0 unspecified atom stereocenters. The number of rotatable bonds is 7. The van der Waals surface area contributed by atoms with E-state index in [2.05, 4.69) is 10.3 Å². The van der Waals surface area contributed by atoms with Gasteiger partial charge in [-0.25, -0.2) is 9.37 Å². The Hall–Kier alpha value is -2.14. The van der Waals surface area contributed by atoms with E-state index < -0.39 is 5.82 Å². The second-order valence-electron chi connectivity index (χ2n) is 4.52. The zero-order chi connectivity index (χ0) is 15.1. The lowest BCUT2D eigenvalue weighted by Gasteiger charge is -2.12. The van der Waals surface area contributed by atoms with Crippen LogP contribution in [0.2, 0.25) is 0 Å². The highest BCUT2D eigenvalue weighted by molar-refractivity contribution is 5.42. The highest BCUT2D eigenvalue weighted by Crippen LogP contribution is 2.32. The van der Waals surface area contributed by atoms with Gasteiger partial charge in [0, 0.05) is 18.3 Å². The number of halogens is 1. The number of nitrogens with one attached hydrogen (secondary N) is 1. The van der Waals surface area contributed by atoms with Crippen LogP contribution in [0.3, 0.4) is 0 Å². The molecule has 0 amide bonds. The van der Waals surface area contributed by atoms with Crippen LogP contribution in [-0.4, -0.2) is 18.6 Å². The summed E-state index contributed by atoms with van der Waals surface area (Å²) in [6.45, 7) is 3.01. The van der Waals surface area contributed by atoms with E-state index in [-0.39, 0.29) is 5.88 Å². The van der Waals surface area contributed by atoms with Gasteiger partial charge in [-0.3, -0.25) is 0 Å². The Morgan fingerprint density at radius 3 is 2.67 bits per heavy atom. The molecule has 0 aliphatic rings. The Bertz CT molecular complexity index is 590. The van der Waals surface area contributed by atoms with E-state index in [1.54, 1.807) is 25.2 Å². The molecule has 0 saturated carbocycles. The molecule has 0 atom stereocenters. The molecule has 2 aromatic rings. The first-order valence-electron chi connectivity index (χ1n) is 6.94. The van der Waals surface area contributed by atoms with Gasteiger partial charge in [-0.05, 0) is 31.7 Å². The van der Waals surface area contributed by atoms with Gasteiger partial charge < -0.3 is 14.8 Å². The van der Waals surface area contributed by atoms with Crippen LogP contribution in [-0.2, 0) is 6.54 Å². The number of hydrogen-bond acceptors (Lipinski definition) is 4. The smallest absolute Gasteiger partial charge is 0.256 e. The van der Waals surface area contributed by atoms with Gasteiger partial charge in [0.25, 0.3) is 5.88 Å². The molecule has 0 aliphatic heterocycles. The lowest BCUT2D eigenvalue weighted by molar-refractivity contribution is 0.298. The molecule has 1 aromatic heterocycles. The van der Waals surface area contributed by atoms with Crippen LogP contribution in [0.1, 0.15) is 18.9 Å². The maximum atomic E-state index is 14.3. The van der Waals surface area contributed by atoms with Gasteiger partial charge in [0.15, 0.2) is 17.3 Å². The van der Waals surface area contributed by atoms with Crippen molar-refractivity contribution < 1.29 is 13.9 Å². The third-order valence-electron chi connectivity index (χ3n) is 2.82. The molecule has 0 radical (unpaired) electrons. The molecule has 0 fully saturated rings. The molecular weight excluding hydrogens is 271 g/mol. The molecular formula is C16H19FN2O2. The van der Waals surface area contributed by atoms with E-state index in [9.17, 15) is 4.39 Å². The van der Waals surface area contributed by atoms with Crippen molar-refractivity contribution in [2.24, 2.45) is 0 Å². The molecule has 0 saturated heterocycles. The van der Waals surface area contributed by atoms with Crippen molar-refractivity contribution in [2.75, 3.05) is 13.7 Å². The first kappa shape index (κ1) is 15.3. The second kappa shape index (κ2) is 7.59. The average molecular weight is 290 g/mol. The summed E-state index contributed by atoms with van der Waals surface area (Å²) >= 11 is 0. The number of benzene rings is 1. The molecule has 1 aromatic carbocycles. The van der Waals surface area contributed by atoms with E-state index >= 15 is 0 Å². The quantitative estimate of drug-likeness (QED) is 0.847. The zero-order valence-electron chi connectivity index (χ0n) is 12.2. The summed E-state index contributed by atoms with van der Waals surface area (Å²) in [5, 5.41) is 2.91. The number of aromatic nitrogens is 1. The van der Waals surface area contributed by atoms with E-state index in [0.29, 0.717) is 30.2 Å². The maximum absolute atomic E-state index is 14.3. The summed E-state index contributed by atoms with van der Waals surface area (Å²) in [6, 6.07) is 8.80. The van der Waals surface area contributed by atoms with Crippen molar-refractivity contribution in [3.63, 3.8) is 0 Å². The lowest BCUT2D eigenvalue weighted by atomic mass is 10.2. The van der Waals surface area contributed by atoms with Crippen molar-refractivity contribution in [3.05, 3.63) is 47.9 Å². The van der Waals surface area contributed by atoms with Gasteiger partial charge in [-0.1, -0.05) is 19.1 Å². The summed E-state index contributed by atoms with van der Waals surface area (Å²) in [7, 11) is 1.76. The van der Waals surface area contributed by atoms with Crippen LogP contribution in [0.5, 0.6) is 17.4 Å². The Morgan fingerprint density at radius 1 is 1.19 bits per heavy atom. The molecule has 21 heavy (non-hydrogen) atoms. The molecule has 0 bridgehead atoms. The number of hydrogen-bond donors (Lipinski definition) is 1. The van der Waals surface area contributed by atoms with Crippen molar-refractivity contribution >= 4 is 0 Å². The van der Waals surface area contributed by atoms with Crippen LogP contribution in [0.15, 0.2) is 36.5 Å². The van der Waals surface area contributed by atoms with Crippen LogP contribution in [0, 0.1) is 5.82 Å². The second-order valence-corrected chi connectivity index (χ2v) is 4.52. The third-order valence-corrected chi connectivity index (χ3v) is 2.82. The minimum absolute atomic E-state index is 0.0460. The summed E-state index contributed by atoms with van der Waals surface area (Å²) in [4.78, 5) is 3.96. The predicted octanol–water partition coefficient (Wildman–Crippen LogP) is 3.52. The van der Waals surface area contributed by atoms with Crippen LogP contribution in [0.4, 0.5) is 4.39 Å². The van der Waals surface area contributed by atoms with E-state index in [4.69, 9.17) is 9.47 Å². The molecule has 0 aliphatic carbocycles. The zero-order valence-corrected chi connectivity index (χ0v) is 12.2. The maximum Gasteiger partial charge on any atom is 0.256 e. The molecule has 1 N–H and O–H groups in total. The molecule has 4 nitrogen and oxygen atoms in total. The largest absolute Gasteiger partial charge is 0.490 e. The Morgan fingerprint density at radius 2 is 1.95 bits per heavy atom. The van der Waals surface area contributed by atoms with E-state index in [1.165, 1.54) is 6.20 Å². The van der Waals surface area contributed by atoms with Crippen LogP contribution >= 0.6 is 0 Å². The SMILES string of the molecule is CCCOc1ccccc1Oc1nccc(CNC)c1F. The van der Waals surface area contributed by atoms with Crippen molar-refractivity contribution in [1.29, 1.82) is 0 Å². The van der Waals surface area contributed by atoms with Gasteiger partial charge in [-0.15, -0.1) is 0 Å². The predicted molar refractivity (Wildman–Crippen MR) is 79.3 cm³/mol. The van der Waals surface area contributed by atoms with Gasteiger partial charge in [0.05, 0.1) is 6.61 Å². The number of pyridine rings is 1. The minimum Gasteiger partial charge on any atom is -0.490 e. The number of nitrogens with zero attached hydrogens (tertiary/aromatic N) is 1. The third kappa shape index (κ3) is 3.92.